The summed E-state index contributed by atoms with van der Waals surface area (Å²) in [6.07, 6.45) is 3.30. The van der Waals surface area contributed by atoms with Gasteiger partial charge in [0, 0.05) is 18.8 Å². The molecule has 1 aromatic rings. The van der Waals surface area contributed by atoms with Gasteiger partial charge in [-0.15, -0.1) is 0 Å². The van der Waals surface area contributed by atoms with Crippen molar-refractivity contribution in [3.8, 4) is 0 Å². The van der Waals surface area contributed by atoms with Crippen molar-refractivity contribution >= 4 is 12.1 Å². The summed E-state index contributed by atoms with van der Waals surface area (Å²) in [6.45, 7) is 0.430. The largest absolute Gasteiger partial charge is 0.559 e. The van der Waals surface area contributed by atoms with E-state index in [1.54, 1.807) is 24.5 Å². The molecular formula is C9H10N2O4. The van der Waals surface area contributed by atoms with E-state index in [-0.39, 0.29) is 5.91 Å². The SMILES string of the molecule is O=C(ON1CCCC1=O)On1cccc1. The highest BCUT2D eigenvalue weighted by molar-refractivity contribution is 5.78. The lowest BCUT2D eigenvalue weighted by Gasteiger charge is -2.13. The number of nitrogens with zero attached hydrogens (tertiary/aromatic N) is 2. The van der Waals surface area contributed by atoms with E-state index >= 15 is 0 Å². The van der Waals surface area contributed by atoms with Crippen molar-refractivity contribution < 1.29 is 19.3 Å². The van der Waals surface area contributed by atoms with Gasteiger partial charge in [-0.3, -0.25) is 4.79 Å². The van der Waals surface area contributed by atoms with Gasteiger partial charge in [0.2, 0.25) is 0 Å². The lowest BCUT2D eigenvalue weighted by Crippen LogP contribution is -2.32. The molecule has 1 fully saturated rings. The van der Waals surface area contributed by atoms with Crippen LogP contribution < -0.4 is 4.84 Å². The van der Waals surface area contributed by atoms with Crippen LogP contribution in [0.25, 0.3) is 0 Å². The third-order valence-electron chi connectivity index (χ3n) is 1.97. The zero-order valence-corrected chi connectivity index (χ0v) is 7.96. The van der Waals surface area contributed by atoms with Gasteiger partial charge >= 0.3 is 6.16 Å². The third kappa shape index (κ3) is 2.28. The Morgan fingerprint density at radius 3 is 2.60 bits per heavy atom. The lowest BCUT2D eigenvalue weighted by molar-refractivity contribution is -0.164. The van der Waals surface area contributed by atoms with Crippen LogP contribution in [0.3, 0.4) is 0 Å². The number of rotatable bonds is 2. The van der Waals surface area contributed by atoms with E-state index in [1.807, 2.05) is 0 Å². The molecule has 6 nitrogen and oxygen atoms in total. The van der Waals surface area contributed by atoms with Gasteiger partial charge in [0.15, 0.2) is 0 Å². The van der Waals surface area contributed by atoms with Gasteiger partial charge in [0.1, 0.15) is 0 Å². The minimum Gasteiger partial charge on any atom is -0.301 e. The lowest BCUT2D eigenvalue weighted by atomic mass is 10.4. The highest BCUT2D eigenvalue weighted by Crippen LogP contribution is 2.09. The second-order valence-corrected chi connectivity index (χ2v) is 3.07. The molecule has 0 aliphatic carbocycles. The number of hydrogen-bond acceptors (Lipinski definition) is 4. The van der Waals surface area contributed by atoms with Crippen LogP contribution in [-0.4, -0.2) is 28.4 Å². The molecule has 15 heavy (non-hydrogen) atoms. The van der Waals surface area contributed by atoms with E-state index in [1.165, 1.54) is 4.73 Å². The zero-order chi connectivity index (χ0) is 10.7. The Bertz CT molecular complexity index is 360. The van der Waals surface area contributed by atoms with Crippen LogP contribution in [0.5, 0.6) is 0 Å². The number of hydroxylamine groups is 2. The molecule has 0 saturated carbocycles. The van der Waals surface area contributed by atoms with E-state index in [4.69, 9.17) is 9.68 Å². The fourth-order valence-corrected chi connectivity index (χ4v) is 1.29. The van der Waals surface area contributed by atoms with Gasteiger partial charge in [0.05, 0.1) is 6.54 Å². The van der Waals surface area contributed by atoms with Gasteiger partial charge in [0.25, 0.3) is 5.91 Å². The first-order valence-corrected chi connectivity index (χ1v) is 4.59. The number of amides is 1. The van der Waals surface area contributed by atoms with E-state index in [9.17, 15) is 9.59 Å². The highest BCUT2D eigenvalue weighted by atomic mass is 16.9. The number of aromatic nitrogens is 1. The number of carbonyl (C=O) groups is 2. The smallest absolute Gasteiger partial charge is 0.301 e. The summed E-state index contributed by atoms with van der Waals surface area (Å²) in [5, 5.41) is 1.02. The first kappa shape index (κ1) is 9.57. The Morgan fingerprint density at radius 1 is 1.27 bits per heavy atom. The topological polar surface area (TPSA) is 60.8 Å². The molecule has 0 spiro atoms. The molecule has 1 aliphatic heterocycles. The number of carbonyl (C=O) groups excluding carboxylic acids is 2. The zero-order valence-electron chi connectivity index (χ0n) is 7.96. The second-order valence-electron chi connectivity index (χ2n) is 3.07. The summed E-state index contributed by atoms with van der Waals surface area (Å²) in [5.41, 5.74) is 0. The Hall–Kier alpha value is -1.98. The van der Waals surface area contributed by atoms with Gasteiger partial charge in [-0.05, 0) is 18.6 Å². The summed E-state index contributed by atoms with van der Waals surface area (Å²) < 4.78 is 1.20. The predicted octanol–water partition coefficient (Wildman–Crippen LogP) is 0.591. The normalized spacial score (nSPS) is 15.5. The standard InChI is InChI=1S/C9H10N2O4/c12-8-4-3-7-11(8)15-9(13)14-10-5-1-2-6-10/h1-2,5-6H,3-4,7H2. The molecule has 0 unspecified atom stereocenters. The van der Waals surface area contributed by atoms with Crippen molar-refractivity contribution in [3.05, 3.63) is 24.5 Å². The summed E-state index contributed by atoms with van der Waals surface area (Å²) >= 11 is 0. The molecule has 0 atom stereocenters. The third-order valence-corrected chi connectivity index (χ3v) is 1.97. The van der Waals surface area contributed by atoms with Crippen molar-refractivity contribution in [1.82, 2.24) is 9.79 Å². The summed E-state index contributed by atoms with van der Waals surface area (Å²) in [4.78, 5) is 31.7. The molecule has 1 aromatic heterocycles. The fourth-order valence-electron chi connectivity index (χ4n) is 1.29. The first-order chi connectivity index (χ1) is 7.25. The van der Waals surface area contributed by atoms with Crippen LogP contribution in [0.2, 0.25) is 0 Å². The van der Waals surface area contributed by atoms with Gasteiger partial charge < -0.3 is 9.68 Å². The summed E-state index contributed by atoms with van der Waals surface area (Å²) in [5.74, 6) is -0.195. The molecule has 1 saturated heterocycles. The molecule has 80 valence electrons. The average Bonchev–Trinajstić information content (AvgIpc) is 2.79. The molecule has 0 bridgehead atoms. The number of hydrogen-bond donors (Lipinski definition) is 0. The Labute approximate surface area is 85.9 Å². The Morgan fingerprint density at radius 2 is 2.00 bits per heavy atom. The molecule has 6 heteroatoms. The van der Waals surface area contributed by atoms with E-state index < -0.39 is 6.16 Å². The average molecular weight is 210 g/mol. The van der Waals surface area contributed by atoms with Crippen LogP contribution in [0.4, 0.5) is 4.79 Å². The molecule has 0 aromatic carbocycles. The highest BCUT2D eigenvalue weighted by Gasteiger charge is 2.25. The summed E-state index contributed by atoms with van der Waals surface area (Å²) in [6, 6.07) is 3.41. The fraction of sp³-hybridized carbons (Fsp3) is 0.333. The molecule has 2 rings (SSSR count). The Kier molecular flexibility index (Phi) is 2.57. The van der Waals surface area contributed by atoms with Gasteiger partial charge in [-0.25, -0.2) is 0 Å². The van der Waals surface area contributed by atoms with Crippen molar-refractivity contribution in [2.75, 3.05) is 6.54 Å². The minimum atomic E-state index is -0.915. The van der Waals surface area contributed by atoms with Crippen LogP contribution in [0, 0.1) is 0 Å². The molecule has 1 amide bonds. The van der Waals surface area contributed by atoms with Crippen molar-refractivity contribution in [2.24, 2.45) is 0 Å². The molecule has 0 N–H and O–H groups in total. The molecule has 1 aliphatic rings. The van der Waals surface area contributed by atoms with Crippen molar-refractivity contribution in [1.29, 1.82) is 0 Å². The molecular weight excluding hydrogens is 200 g/mol. The van der Waals surface area contributed by atoms with E-state index in [0.717, 1.165) is 5.06 Å². The maximum absolute atomic E-state index is 11.2. The molecule has 0 radical (unpaired) electrons. The van der Waals surface area contributed by atoms with Crippen molar-refractivity contribution in [2.45, 2.75) is 12.8 Å². The molecule has 2 heterocycles. The van der Waals surface area contributed by atoms with E-state index in [0.29, 0.717) is 19.4 Å². The van der Waals surface area contributed by atoms with Gasteiger partial charge in [-0.2, -0.15) is 14.6 Å². The van der Waals surface area contributed by atoms with Crippen LogP contribution in [0.1, 0.15) is 12.8 Å². The van der Waals surface area contributed by atoms with Crippen LogP contribution >= 0.6 is 0 Å². The van der Waals surface area contributed by atoms with Crippen LogP contribution in [0.15, 0.2) is 24.5 Å². The van der Waals surface area contributed by atoms with Crippen molar-refractivity contribution in [3.63, 3.8) is 0 Å². The maximum Gasteiger partial charge on any atom is 0.559 e. The van der Waals surface area contributed by atoms with E-state index in [2.05, 4.69) is 0 Å². The second kappa shape index (κ2) is 4.04. The predicted molar refractivity (Wildman–Crippen MR) is 48.4 cm³/mol. The quantitative estimate of drug-likeness (QED) is 0.716. The summed E-state index contributed by atoms with van der Waals surface area (Å²) in [7, 11) is 0. The van der Waals surface area contributed by atoms with Crippen LogP contribution in [-0.2, 0) is 9.63 Å². The minimum absolute atomic E-state index is 0.195. The maximum atomic E-state index is 11.2. The van der Waals surface area contributed by atoms with Gasteiger partial charge in [-0.1, -0.05) is 0 Å². The first-order valence-electron chi connectivity index (χ1n) is 4.59. The Balaban J connectivity index is 1.84. The monoisotopic (exact) mass is 210 g/mol.